The molecule has 0 unspecified atom stereocenters. The summed E-state index contributed by atoms with van der Waals surface area (Å²) < 4.78 is 30.7. The smallest absolute Gasteiger partial charge is 0.265 e. The summed E-state index contributed by atoms with van der Waals surface area (Å²) in [6.45, 7) is 6.82. The minimum atomic E-state index is -4.12. The van der Waals surface area contributed by atoms with Crippen LogP contribution in [0.2, 0.25) is 0 Å². The molecule has 11 atom stereocenters. The van der Waals surface area contributed by atoms with Crippen molar-refractivity contribution in [2.45, 2.75) is 103 Å². The van der Waals surface area contributed by atoms with Gasteiger partial charge in [0, 0.05) is 12.8 Å². The molecular formula is C26H44O7S. The van der Waals surface area contributed by atoms with Crippen LogP contribution in [-0.4, -0.2) is 58.1 Å². The summed E-state index contributed by atoms with van der Waals surface area (Å²) in [5.41, 5.74) is 0.00316. The minimum Gasteiger partial charge on any atom is -0.393 e. The van der Waals surface area contributed by atoms with E-state index in [4.69, 9.17) is 4.55 Å². The SMILES string of the molecule is C[C@H](CCC(=O)CCS(=O)(=O)O)[C@H]1CC[C@H]2[C@@H]3[C@H](O)[C@H](O)[C@@H]4C[C@H](O)CC[C@]4(C)[C@H]3CC[C@]12C. The van der Waals surface area contributed by atoms with Crippen LogP contribution in [0.5, 0.6) is 0 Å². The average Bonchev–Trinajstić information content (AvgIpc) is 3.12. The van der Waals surface area contributed by atoms with Crippen LogP contribution in [0.4, 0.5) is 0 Å². The Morgan fingerprint density at radius 1 is 0.912 bits per heavy atom. The Morgan fingerprint density at radius 3 is 2.24 bits per heavy atom. The normalized spacial score (nSPS) is 47.4. The molecular weight excluding hydrogens is 456 g/mol. The second kappa shape index (κ2) is 9.40. The topological polar surface area (TPSA) is 132 Å². The van der Waals surface area contributed by atoms with E-state index in [1.165, 1.54) is 0 Å². The highest BCUT2D eigenvalue weighted by molar-refractivity contribution is 7.85. The number of carbonyl (C=O) groups is 1. The maximum atomic E-state index is 12.2. The molecule has 0 spiro atoms. The van der Waals surface area contributed by atoms with Gasteiger partial charge in [-0.3, -0.25) is 9.35 Å². The minimum absolute atomic E-state index is 0.0486. The molecule has 4 rings (SSSR count). The van der Waals surface area contributed by atoms with Crippen LogP contribution in [0.1, 0.15) is 85.0 Å². The maximum absolute atomic E-state index is 12.2. The molecule has 0 heterocycles. The van der Waals surface area contributed by atoms with Crippen molar-refractivity contribution < 1.29 is 33.1 Å². The van der Waals surface area contributed by atoms with Gasteiger partial charge in [-0.05, 0) is 97.7 Å². The number of fused-ring (bicyclic) bond motifs is 5. The molecule has 4 N–H and O–H groups in total. The highest BCUT2D eigenvalue weighted by Crippen LogP contribution is 2.68. The molecule has 0 radical (unpaired) electrons. The van der Waals surface area contributed by atoms with Crippen molar-refractivity contribution in [2.24, 2.45) is 46.3 Å². The number of ketones is 1. The first kappa shape index (κ1) is 26.5. The zero-order chi connectivity index (χ0) is 25.1. The molecule has 0 saturated heterocycles. The van der Waals surface area contributed by atoms with Gasteiger partial charge in [0.15, 0.2) is 0 Å². The standard InChI is InChI=1S/C26H44O7S/c1-15(4-5-16(27)10-13-34(31,32)33)18-6-7-19-22-20(9-12-25(18,19)2)26(3)11-8-17(28)14-21(26)23(29)24(22)30/h15,17-24,28-30H,4-14H2,1-3H3,(H,31,32,33)/t15-,17-,18-,19+,20+,21+,22+,23-,24+,25-,26-/m1/s1. The molecule has 4 fully saturated rings. The Bertz CT molecular complexity index is 874. The van der Waals surface area contributed by atoms with Crippen LogP contribution >= 0.6 is 0 Å². The van der Waals surface area contributed by atoms with E-state index in [0.29, 0.717) is 42.9 Å². The van der Waals surface area contributed by atoms with Gasteiger partial charge in [0.2, 0.25) is 0 Å². The van der Waals surface area contributed by atoms with Gasteiger partial charge in [-0.2, -0.15) is 8.42 Å². The lowest BCUT2D eigenvalue weighted by Crippen LogP contribution is -2.64. The highest BCUT2D eigenvalue weighted by atomic mass is 32.2. The van der Waals surface area contributed by atoms with Gasteiger partial charge in [0.05, 0.1) is 24.1 Å². The molecule has 4 aliphatic carbocycles. The first-order valence-corrected chi connectivity index (χ1v) is 14.9. The lowest BCUT2D eigenvalue weighted by molar-refractivity contribution is -0.223. The Balaban J connectivity index is 1.46. The van der Waals surface area contributed by atoms with E-state index in [0.717, 1.165) is 38.5 Å². The fourth-order valence-electron chi connectivity index (χ4n) is 9.17. The van der Waals surface area contributed by atoms with Gasteiger partial charge >= 0.3 is 0 Å². The van der Waals surface area contributed by atoms with Crippen molar-refractivity contribution in [3.8, 4) is 0 Å². The van der Waals surface area contributed by atoms with Gasteiger partial charge < -0.3 is 15.3 Å². The van der Waals surface area contributed by atoms with E-state index in [1.54, 1.807) is 0 Å². The lowest BCUT2D eigenvalue weighted by atomic mass is 9.43. The van der Waals surface area contributed by atoms with Gasteiger partial charge in [-0.25, -0.2) is 0 Å². The number of rotatable bonds is 7. The molecule has 7 nitrogen and oxygen atoms in total. The summed E-state index contributed by atoms with van der Waals surface area (Å²) in [4.78, 5) is 12.2. The molecule has 0 amide bonds. The Labute approximate surface area is 204 Å². The number of Topliss-reactive ketones (excluding diaryl/α,β-unsaturated/α-hetero) is 1. The number of carbonyl (C=O) groups excluding carboxylic acids is 1. The first-order chi connectivity index (χ1) is 15.8. The summed E-state index contributed by atoms with van der Waals surface area (Å²) >= 11 is 0. The fourth-order valence-corrected chi connectivity index (χ4v) is 9.66. The summed E-state index contributed by atoms with van der Waals surface area (Å²) in [6.07, 6.45) is 5.38. The first-order valence-electron chi connectivity index (χ1n) is 13.3. The zero-order valence-corrected chi connectivity index (χ0v) is 21.7. The average molecular weight is 501 g/mol. The monoisotopic (exact) mass is 500 g/mol. The van der Waals surface area contributed by atoms with Gasteiger partial charge in [0.25, 0.3) is 10.1 Å². The van der Waals surface area contributed by atoms with Crippen molar-refractivity contribution in [1.29, 1.82) is 0 Å². The summed E-state index contributed by atoms with van der Waals surface area (Å²) in [5, 5.41) is 32.8. The van der Waals surface area contributed by atoms with E-state index in [1.807, 2.05) is 0 Å². The third kappa shape index (κ3) is 4.62. The third-order valence-electron chi connectivity index (χ3n) is 11.0. The van der Waals surface area contributed by atoms with Crippen LogP contribution in [0.3, 0.4) is 0 Å². The van der Waals surface area contributed by atoms with Crippen LogP contribution in [0.15, 0.2) is 0 Å². The van der Waals surface area contributed by atoms with E-state index in [9.17, 15) is 28.5 Å². The largest absolute Gasteiger partial charge is 0.393 e. The van der Waals surface area contributed by atoms with E-state index in [-0.39, 0.29) is 41.0 Å². The summed E-state index contributed by atoms with van der Waals surface area (Å²) in [5.74, 6) is 0.804. The van der Waals surface area contributed by atoms with Crippen molar-refractivity contribution >= 4 is 15.9 Å². The van der Waals surface area contributed by atoms with E-state index < -0.39 is 28.1 Å². The third-order valence-corrected chi connectivity index (χ3v) is 11.7. The number of hydrogen-bond donors (Lipinski definition) is 4. The quantitative estimate of drug-likeness (QED) is 0.395. The summed E-state index contributed by atoms with van der Waals surface area (Å²) in [7, 11) is -4.12. The van der Waals surface area contributed by atoms with E-state index in [2.05, 4.69) is 20.8 Å². The molecule has 0 aliphatic heterocycles. The van der Waals surface area contributed by atoms with Crippen LogP contribution in [-0.2, 0) is 14.9 Å². The molecule has 4 saturated carbocycles. The second-order valence-corrected chi connectivity index (χ2v) is 14.2. The molecule has 8 heteroatoms. The van der Waals surface area contributed by atoms with Gasteiger partial charge in [-0.15, -0.1) is 0 Å². The molecule has 0 aromatic heterocycles. The molecule has 0 aromatic carbocycles. The van der Waals surface area contributed by atoms with Crippen molar-refractivity contribution in [3.63, 3.8) is 0 Å². The Hall–Kier alpha value is -0.540. The maximum Gasteiger partial charge on any atom is 0.265 e. The van der Waals surface area contributed by atoms with Crippen molar-refractivity contribution in [1.82, 2.24) is 0 Å². The number of aliphatic hydroxyl groups excluding tert-OH is 3. The van der Waals surface area contributed by atoms with Crippen molar-refractivity contribution in [2.75, 3.05) is 5.75 Å². The van der Waals surface area contributed by atoms with Gasteiger partial charge in [-0.1, -0.05) is 20.8 Å². The molecule has 0 bridgehead atoms. The molecule has 34 heavy (non-hydrogen) atoms. The lowest BCUT2D eigenvalue weighted by Gasteiger charge is -2.63. The summed E-state index contributed by atoms with van der Waals surface area (Å²) in [6, 6.07) is 0. The molecule has 0 aromatic rings. The zero-order valence-electron chi connectivity index (χ0n) is 20.9. The predicted octanol–water partition coefficient (Wildman–Crippen LogP) is 3.21. The molecule has 196 valence electrons. The highest BCUT2D eigenvalue weighted by Gasteiger charge is 2.65. The van der Waals surface area contributed by atoms with Crippen LogP contribution in [0.25, 0.3) is 0 Å². The van der Waals surface area contributed by atoms with E-state index >= 15 is 0 Å². The number of hydrogen-bond acceptors (Lipinski definition) is 6. The Kier molecular flexibility index (Phi) is 7.33. The predicted molar refractivity (Wildman–Crippen MR) is 128 cm³/mol. The Morgan fingerprint density at radius 2 is 1.56 bits per heavy atom. The molecule has 4 aliphatic rings. The fraction of sp³-hybridized carbons (Fsp3) is 0.962. The van der Waals surface area contributed by atoms with Crippen molar-refractivity contribution in [3.05, 3.63) is 0 Å². The van der Waals surface area contributed by atoms with Crippen LogP contribution in [0, 0.1) is 46.3 Å². The number of aliphatic hydroxyl groups is 3. The van der Waals surface area contributed by atoms with Crippen LogP contribution < -0.4 is 0 Å². The second-order valence-electron chi connectivity index (χ2n) is 12.6. The van der Waals surface area contributed by atoms with Gasteiger partial charge in [0.1, 0.15) is 5.78 Å².